The lowest BCUT2D eigenvalue weighted by Crippen LogP contribution is -2.04. The Balaban J connectivity index is 1.05. The molecule has 1 unspecified atom stereocenters. The number of hydrogen-bond acceptors (Lipinski definition) is 3. The highest BCUT2D eigenvalue weighted by molar-refractivity contribution is 6.16. The van der Waals surface area contributed by atoms with Crippen molar-refractivity contribution in [3.05, 3.63) is 221 Å². The number of benzene rings is 7. The normalized spacial score (nSPS) is 16.2. The van der Waals surface area contributed by atoms with Crippen molar-refractivity contribution >= 4 is 76.9 Å². The summed E-state index contributed by atoms with van der Waals surface area (Å²) in [4.78, 5) is 0. The quantitative estimate of drug-likeness (QED) is 0.181. The minimum Gasteiger partial charge on any atom is -0.358 e. The highest BCUT2D eigenvalue weighted by atomic mass is 15.0. The molecule has 7 aromatic carbocycles. The fraction of sp³-hybridized carbons (Fsp3) is 0.0968. The smallest absolute Gasteiger partial charge is 0.101 e. The Morgan fingerprint density at radius 2 is 1.37 bits per heavy atom. The van der Waals surface area contributed by atoms with Crippen molar-refractivity contribution in [3.8, 4) is 29.0 Å². The van der Waals surface area contributed by atoms with Crippen LogP contribution in [0, 0.1) is 42.4 Å². The van der Waals surface area contributed by atoms with Crippen LogP contribution < -0.4 is 5.32 Å². The second kappa shape index (κ2) is 15.5. The highest BCUT2D eigenvalue weighted by Gasteiger charge is 2.35. The first-order chi connectivity index (χ1) is 32.8. The van der Waals surface area contributed by atoms with Crippen LogP contribution in [0.5, 0.6) is 0 Å². The zero-order valence-corrected chi connectivity index (χ0v) is 37.7. The first-order valence-electron chi connectivity index (χ1n) is 23.0. The van der Waals surface area contributed by atoms with E-state index in [0.717, 1.165) is 94.9 Å². The van der Waals surface area contributed by atoms with E-state index >= 15 is 0 Å². The molecule has 318 valence electrons. The molecule has 2 heterocycles. The summed E-state index contributed by atoms with van der Waals surface area (Å²) in [5.74, 6) is 0.259. The van der Waals surface area contributed by atoms with Gasteiger partial charge in [-0.05, 0) is 132 Å². The maximum Gasteiger partial charge on any atom is 0.101 e. The Morgan fingerprint density at radius 1 is 0.701 bits per heavy atom. The van der Waals surface area contributed by atoms with Crippen molar-refractivity contribution in [2.75, 3.05) is 5.32 Å². The standard InChI is InChI=1S/C62H45N5/c1-37(2)29-52-46-17-7-8-18-47(46)53-34-54-50-21-11-14-24-58(50)67(62(54)39(4)60(52)53)59-31-40(35-63)30-43(32-42(59)36-64)65-55-28-26-41-15-5-6-16-45(41)61(55)51-33-44(27-25-38(51)3)66-56-22-12-9-19-48(56)49-20-10-13-23-57(49)66/h5-16,18-29,31-34,46,65H,1,17,30H2,2-4H3/b52-29-. The third-order valence-corrected chi connectivity index (χ3v) is 14.1. The van der Waals surface area contributed by atoms with E-state index in [1.165, 1.54) is 33.0 Å². The molecule has 1 atom stereocenters. The molecular formula is C62H45N5. The summed E-state index contributed by atoms with van der Waals surface area (Å²) in [5.41, 5.74) is 19.3. The number of aryl methyl sites for hydroxylation is 2. The number of rotatable bonds is 6. The van der Waals surface area contributed by atoms with Gasteiger partial charge in [-0.1, -0.05) is 127 Å². The van der Waals surface area contributed by atoms with E-state index in [2.05, 4.69) is 212 Å². The summed E-state index contributed by atoms with van der Waals surface area (Å²) < 4.78 is 4.59. The number of nitriles is 2. The molecule has 5 heteroatoms. The number of nitrogens with zero attached hydrogens (tertiary/aromatic N) is 4. The third kappa shape index (κ3) is 6.20. The highest BCUT2D eigenvalue weighted by Crippen LogP contribution is 2.53. The molecule has 0 saturated heterocycles. The molecule has 0 amide bonds. The SMILES string of the molecule is C=C(C)/C=C1\c2c(cc3c4ccccc4n(C4=C(C#N)C=C(Nc5ccc6ccccc6c5-c5cc(-n6c7ccccc7c7ccccc76)ccc5C)CC(C#N)=C4)c3c2C)C2=CC=CCC21. The van der Waals surface area contributed by atoms with Crippen molar-refractivity contribution in [2.45, 2.75) is 33.6 Å². The summed E-state index contributed by atoms with van der Waals surface area (Å²) in [6.45, 7) is 10.7. The second-order valence-corrected chi connectivity index (χ2v) is 18.2. The van der Waals surface area contributed by atoms with E-state index < -0.39 is 0 Å². The summed E-state index contributed by atoms with van der Waals surface area (Å²) in [5, 5.41) is 32.8. The molecule has 3 aliphatic carbocycles. The molecule has 0 saturated carbocycles. The van der Waals surface area contributed by atoms with Gasteiger partial charge in [0, 0.05) is 62.1 Å². The Morgan fingerprint density at radius 3 is 2.07 bits per heavy atom. The average molecular weight is 860 g/mol. The van der Waals surface area contributed by atoms with Crippen LogP contribution in [0.15, 0.2) is 199 Å². The Kier molecular flexibility index (Phi) is 9.24. The molecule has 1 N–H and O–H groups in total. The minimum atomic E-state index is 0.259. The summed E-state index contributed by atoms with van der Waals surface area (Å²) >= 11 is 0. The van der Waals surface area contributed by atoms with Gasteiger partial charge in [0.25, 0.3) is 0 Å². The fourth-order valence-corrected chi connectivity index (χ4v) is 11.3. The van der Waals surface area contributed by atoms with Crippen LogP contribution in [0.25, 0.3) is 88.0 Å². The monoisotopic (exact) mass is 859 g/mol. The van der Waals surface area contributed by atoms with E-state index in [1.807, 2.05) is 12.2 Å². The first kappa shape index (κ1) is 39.9. The fourth-order valence-electron chi connectivity index (χ4n) is 11.3. The van der Waals surface area contributed by atoms with Gasteiger partial charge < -0.3 is 14.5 Å². The molecule has 9 aromatic rings. The summed E-state index contributed by atoms with van der Waals surface area (Å²) in [6, 6.07) is 52.7. The van der Waals surface area contributed by atoms with Gasteiger partial charge in [0.2, 0.25) is 0 Å². The molecule has 0 aliphatic heterocycles. The molecule has 3 aliphatic rings. The predicted octanol–water partition coefficient (Wildman–Crippen LogP) is 15.8. The van der Waals surface area contributed by atoms with Crippen molar-refractivity contribution in [2.24, 2.45) is 5.92 Å². The zero-order chi connectivity index (χ0) is 45.5. The van der Waals surface area contributed by atoms with Gasteiger partial charge in [0.05, 0.1) is 39.4 Å². The molecule has 12 rings (SSSR count). The molecule has 0 radical (unpaired) electrons. The predicted molar refractivity (Wildman–Crippen MR) is 280 cm³/mol. The van der Waals surface area contributed by atoms with E-state index in [4.69, 9.17) is 0 Å². The number of fused-ring (bicyclic) bond motifs is 10. The van der Waals surface area contributed by atoms with E-state index in [-0.39, 0.29) is 5.92 Å². The Bertz CT molecular complexity index is 3910. The number of hydrogen-bond donors (Lipinski definition) is 1. The van der Waals surface area contributed by atoms with E-state index in [1.54, 1.807) is 0 Å². The van der Waals surface area contributed by atoms with Crippen LogP contribution in [-0.4, -0.2) is 9.13 Å². The number of allylic oxidation sites excluding steroid dienone is 12. The van der Waals surface area contributed by atoms with Gasteiger partial charge >= 0.3 is 0 Å². The third-order valence-electron chi connectivity index (χ3n) is 14.1. The number of para-hydroxylation sites is 3. The first-order valence-corrected chi connectivity index (χ1v) is 23.0. The van der Waals surface area contributed by atoms with Crippen molar-refractivity contribution in [1.82, 2.24) is 9.13 Å². The van der Waals surface area contributed by atoms with Crippen molar-refractivity contribution in [1.29, 1.82) is 10.5 Å². The largest absolute Gasteiger partial charge is 0.358 e. The lowest BCUT2D eigenvalue weighted by atomic mass is 9.88. The lowest BCUT2D eigenvalue weighted by molar-refractivity contribution is 0.885. The van der Waals surface area contributed by atoms with E-state index in [9.17, 15) is 10.5 Å². The van der Waals surface area contributed by atoms with Gasteiger partial charge in [-0.25, -0.2) is 0 Å². The Hall–Kier alpha value is -8.64. The Labute approximate surface area is 389 Å². The number of anilines is 1. The molecule has 0 bridgehead atoms. The molecule has 2 aromatic heterocycles. The van der Waals surface area contributed by atoms with Gasteiger partial charge in [0.15, 0.2) is 0 Å². The zero-order valence-electron chi connectivity index (χ0n) is 37.7. The van der Waals surface area contributed by atoms with Crippen LogP contribution in [-0.2, 0) is 0 Å². The van der Waals surface area contributed by atoms with Crippen LogP contribution in [0.2, 0.25) is 0 Å². The topological polar surface area (TPSA) is 69.5 Å². The molecule has 5 nitrogen and oxygen atoms in total. The van der Waals surface area contributed by atoms with Gasteiger partial charge in [0.1, 0.15) is 6.07 Å². The van der Waals surface area contributed by atoms with Crippen LogP contribution in [0.3, 0.4) is 0 Å². The second-order valence-electron chi connectivity index (χ2n) is 18.2. The van der Waals surface area contributed by atoms with Crippen LogP contribution in [0.1, 0.15) is 42.0 Å². The minimum absolute atomic E-state index is 0.259. The van der Waals surface area contributed by atoms with Crippen LogP contribution in [0.4, 0.5) is 5.69 Å². The summed E-state index contributed by atoms with van der Waals surface area (Å²) in [7, 11) is 0. The number of aromatic nitrogens is 2. The molecular weight excluding hydrogens is 815 g/mol. The van der Waals surface area contributed by atoms with Crippen molar-refractivity contribution < 1.29 is 0 Å². The lowest BCUT2D eigenvalue weighted by Gasteiger charge is -2.20. The molecule has 0 spiro atoms. The maximum atomic E-state index is 11.2. The maximum absolute atomic E-state index is 11.2. The van der Waals surface area contributed by atoms with Gasteiger partial charge in [-0.3, -0.25) is 0 Å². The van der Waals surface area contributed by atoms with Crippen molar-refractivity contribution in [3.63, 3.8) is 0 Å². The van der Waals surface area contributed by atoms with E-state index in [0.29, 0.717) is 23.3 Å². The van der Waals surface area contributed by atoms with Crippen LogP contribution >= 0.6 is 0 Å². The van der Waals surface area contributed by atoms with Gasteiger partial charge in [-0.2, -0.15) is 10.5 Å². The molecule has 67 heavy (non-hydrogen) atoms. The average Bonchev–Trinajstić information content (AvgIpc) is 3.93. The number of nitrogens with one attached hydrogen (secondary N) is 1. The molecule has 0 fully saturated rings. The van der Waals surface area contributed by atoms with Gasteiger partial charge in [-0.15, -0.1) is 0 Å². The summed E-state index contributed by atoms with van der Waals surface area (Å²) in [6.07, 6.45) is 14.1.